The lowest BCUT2D eigenvalue weighted by molar-refractivity contribution is 0.245. The molecule has 17 heavy (non-hydrogen) atoms. The van der Waals surface area contributed by atoms with Crippen molar-refractivity contribution in [2.75, 3.05) is 20.1 Å². The molecule has 1 unspecified atom stereocenters. The lowest BCUT2D eigenvalue weighted by atomic mass is 9.98. The molecule has 1 saturated heterocycles. The van der Waals surface area contributed by atoms with Gasteiger partial charge in [-0.1, -0.05) is 11.6 Å². The second-order valence-electron chi connectivity index (χ2n) is 4.73. The summed E-state index contributed by atoms with van der Waals surface area (Å²) in [4.78, 5) is 2.35. The Balaban J connectivity index is 1.99. The van der Waals surface area contributed by atoms with Crippen molar-refractivity contribution in [2.24, 2.45) is 0 Å². The molecule has 2 aromatic rings. The Morgan fingerprint density at radius 1 is 1.41 bits per heavy atom. The Bertz CT molecular complexity index is 536. The fraction of sp³-hybridized carbons (Fsp3) is 0.500. The predicted molar refractivity (Wildman–Crippen MR) is 67.5 cm³/mol. The van der Waals surface area contributed by atoms with Gasteiger partial charge in [-0.25, -0.2) is 0 Å². The molecule has 5 heteroatoms. The van der Waals surface area contributed by atoms with Gasteiger partial charge >= 0.3 is 0 Å². The van der Waals surface area contributed by atoms with Gasteiger partial charge in [-0.05, 0) is 32.5 Å². The number of piperidine rings is 1. The molecule has 0 spiro atoms. The number of pyridine rings is 1. The second-order valence-corrected chi connectivity index (χ2v) is 5.17. The Hall–Kier alpha value is -1.13. The molecule has 0 aliphatic carbocycles. The molecular weight excluding hydrogens is 236 g/mol. The van der Waals surface area contributed by atoms with Crippen LogP contribution < -0.4 is 0 Å². The first kappa shape index (κ1) is 11.0. The average Bonchev–Trinajstić information content (AvgIpc) is 2.71. The topological polar surface area (TPSA) is 33.4 Å². The molecule has 1 aliphatic heterocycles. The highest BCUT2D eigenvalue weighted by Crippen LogP contribution is 2.25. The zero-order valence-electron chi connectivity index (χ0n) is 9.80. The van der Waals surface area contributed by atoms with Crippen molar-refractivity contribution in [3.8, 4) is 0 Å². The van der Waals surface area contributed by atoms with E-state index in [0.717, 1.165) is 18.0 Å². The van der Waals surface area contributed by atoms with Crippen LogP contribution in [0, 0.1) is 0 Å². The molecule has 3 rings (SSSR count). The fourth-order valence-corrected chi connectivity index (χ4v) is 2.69. The molecule has 90 valence electrons. The summed E-state index contributed by atoms with van der Waals surface area (Å²) in [5.74, 6) is 1.54. The van der Waals surface area contributed by atoms with Crippen LogP contribution in [-0.4, -0.2) is 39.6 Å². The number of aromatic nitrogens is 3. The first-order valence-corrected chi connectivity index (χ1v) is 6.30. The van der Waals surface area contributed by atoms with E-state index in [4.69, 9.17) is 11.6 Å². The van der Waals surface area contributed by atoms with Crippen molar-refractivity contribution < 1.29 is 0 Å². The van der Waals surface area contributed by atoms with Gasteiger partial charge in [-0.2, -0.15) is 0 Å². The molecule has 0 amide bonds. The number of likely N-dealkylation sites (N-methyl/N-ethyl adjacent to an activating group) is 1. The third kappa shape index (κ3) is 2.03. The van der Waals surface area contributed by atoms with Crippen LogP contribution in [0.25, 0.3) is 5.65 Å². The van der Waals surface area contributed by atoms with Crippen molar-refractivity contribution in [1.82, 2.24) is 19.5 Å². The van der Waals surface area contributed by atoms with Crippen LogP contribution in [0.3, 0.4) is 0 Å². The molecule has 2 aromatic heterocycles. The highest BCUT2D eigenvalue weighted by atomic mass is 35.5. The van der Waals surface area contributed by atoms with E-state index in [9.17, 15) is 0 Å². The van der Waals surface area contributed by atoms with Gasteiger partial charge in [0.05, 0.1) is 0 Å². The summed E-state index contributed by atoms with van der Waals surface area (Å²) >= 11 is 5.95. The molecule has 1 atom stereocenters. The summed E-state index contributed by atoms with van der Waals surface area (Å²) in [7, 11) is 2.16. The van der Waals surface area contributed by atoms with Gasteiger partial charge in [0.2, 0.25) is 0 Å². The maximum atomic E-state index is 5.95. The van der Waals surface area contributed by atoms with Crippen LogP contribution >= 0.6 is 11.6 Å². The van der Waals surface area contributed by atoms with Crippen molar-refractivity contribution in [1.29, 1.82) is 0 Å². The second kappa shape index (κ2) is 4.27. The van der Waals surface area contributed by atoms with E-state index < -0.39 is 0 Å². The zero-order chi connectivity index (χ0) is 11.8. The highest BCUT2D eigenvalue weighted by molar-refractivity contribution is 6.30. The maximum Gasteiger partial charge on any atom is 0.162 e. The Kier molecular flexibility index (Phi) is 2.76. The van der Waals surface area contributed by atoms with Crippen LogP contribution in [0.2, 0.25) is 5.02 Å². The van der Waals surface area contributed by atoms with Crippen LogP contribution in [-0.2, 0) is 0 Å². The van der Waals surface area contributed by atoms with Crippen molar-refractivity contribution in [2.45, 2.75) is 18.8 Å². The summed E-state index contributed by atoms with van der Waals surface area (Å²) in [5, 5.41) is 9.22. The van der Waals surface area contributed by atoms with E-state index >= 15 is 0 Å². The van der Waals surface area contributed by atoms with Gasteiger partial charge < -0.3 is 4.90 Å². The van der Waals surface area contributed by atoms with E-state index in [0.29, 0.717) is 10.9 Å². The minimum Gasteiger partial charge on any atom is -0.306 e. The van der Waals surface area contributed by atoms with Crippen molar-refractivity contribution >= 4 is 17.2 Å². The van der Waals surface area contributed by atoms with Crippen LogP contribution in [0.5, 0.6) is 0 Å². The standard InChI is InChI=1S/C12H15ClN4/c1-16-5-2-3-9(8-16)12-15-14-11-7-10(13)4-6-17(11)12/h4,6-7,9H,2-3,5,8H2,1H3. The third-order valence-electron chi connectivity index (χ3n) is 3.39. The Morgan fingerprint density at radius 3 is 3.12 bits per heavy atom. The molecule has 1 fully saturated rings. The van der Waals surface area contributed by atoms with Gasteiger partial charge in [0.25, 0.3) is 0 Å². The smallest absolute Gasteiger partial charge is 0.162 e. The molecule has 1 aliphatic rings. The number of hydrogen-bond donors (Lipinski definition) is 0. The van der Waals surface area contributed by atoms with Gasteiger partial charge in [0.15, 0.2) is 5.65 Å². The number of fused-ring (bicyclic) bond motifs is 1. The van der Waals surface area contributed by atoms with E-state index in [1.165, 1.54) is 19.4 Å². The SMILES string of the molecule is CN1CCCC(c2nnc3cc(Cl)ccn23)C1. The molecule has 0 bridgehead atoms. The predicted octanol–water partition coefficient (Wildman–Crippen LogP) is 2.19. The first-order valence-electron chi connectivity index (χ1n) is 5.93. The summed E-state index contributed by atoms with van der Waals surface area (Å²) in [6.45, 7) is 2.24. The van der Waals surface area contributed by atoms with Crippen molar-refractivity contribution in [3.05, 3.63) is 29.2 Å². The van der Waals surface area contributed by atoms with Gasteiger partial charge in [0, 0.05) is 29.7 Å². The number of halogens is 1. The normalized spacial score (nSPS) is 22.1. The van der Waals surface area contributed by atoms with Crippen LogP contribution in [0.15, 0.2) is 18.3 Å². The summed E-state index contributed by atoms with van der Waals surface area (Å²) in [6, 6.07) is 3.73. The van der Waals surface area contributed by atoms with Gasteiger partial charge in [-0.3, -0.25) is 4.40 Å². The number of hydrogen-bond acceptors (Lipinski definition) is 3. The molecule has 0 N–H and O–H groups in total. The average molecular weight is 251 g/mol. The number of likely N-dealkylation sites (tertiary alicyclic amines) is 1. The quantitative estimate of drug-likeness (QED) is 0.778. The molecule has 0 radical (unpaired) electrons. The molecule has 4 nitrogen and oxygen atoms in total. The monoisotopic (exact) mass is 250 g/mol. The van der Waals surface area contributed by atoms with Crippen LogP contribution in [0.1, 0.15) is 24.6 Å². The van der Waals surface area contributed by atoms with E-state index in [1.807, 2.05) is 18.3 Å². The largest absolute Gasteiger partial charge is 0.306 e. The summed E-state index contributed by atoms with van der Waals surface area (Å²) in [6.07, 6.45) is 4.37. The highest BCUT2D eigenvalue weighted by Gasteiger charge is 2.23. The summed E-state index contributed by atoms with van der Waals surface area (Å²) < 4.78 is 2.05. The number of rotatable bonds is 1. The van der Waals surface area contributed by atoms with Gasteiger partial charge in [-0.15, -0.1) is 10.2 Å². The Morgan fingerprint density at radius 2 is 2.29 bits per heavy atom. The fourth-order valence-electron chi connectivity index (χ4n) is 2.54. The molecule has 0 aromatic carbocycles. The van der Waals surface area contributed by atoms with Crippen LogP contribution in [0.4, 0.5) is 0 Å². The minimum absolute atomic E-state index is 0.477. The Labute approximate surface area is 105 Å². The lowest BCUT2D eigenvalue weighted by Gasteiger charge is -2.28. The minimum atomic E-state index is 0.477. The molecule has 0 saturated carbocycles. The van der Waals surface area contributed by atoms with E-state index in [-0.39, 0.29) is 0 Å². The first-order chi connectivity index (χ1) is 8.24. The van der Waals surface area contributed by atoms with Gasteiger partial charge in [0.1, 0.15) is 5.82 Å². The number of nitrogens with zero attached hydrogens (tertiary/aromatic N) is 4. The maximum absolute atomic E-state index is 5.95. The molecule has 3 heterocycles. The van der Waals surface area contributed by atoms with E-state index in [2.05, 4.69) is 26.5 Å². The van der Waals surface area contributed by atoms with Crippen molar-refractivity contribution in [3.63, 3.8) is 0 Å². The summed E-state index contributed by atoms with van der Waals surface area (Å²) in [5.41, 5.74) is 0.834. The third-order valence-corrected chi connectivity index (χ3v) is 3.62. The van der Waals surface area contributed by atoms with E-state index in [1.54, 1.807) is 0 Å². The lowest BCUT2D eigenvalue weighted by Crippen LogP contribution is -2.31. The zero-order valence-corrected chi connectivity index (χ0v) is 10.6. The molecular formula is C12H15ClN4.